The Kier molecular flexibility index (Phi) is 5.59. The molecule has 2 rings (SSSR count). The van der Waals surface area contributed by atoms with Crippen molar-refractivity contribution in [2.24, 2.45) is 0 Å². The van der Waals surface area contributed by atoms with Crippen molar-refractivity contribution in [2.75, 3.05) is 11.6 Å². The number of ether oxygens (including phenoxy) is 1. The van der Waals surface area contributed by atoms with E-state index in [4.69, 9.17) is 9.57 Å². The first kappa shape index (κ1) is 15.3. The fraction of sp³-hybridized carbons (Fsp3) is 0.400. The minimum Gasteiger partial charge on any atom is -0.464 e. The molecule has 6 heteroatoms. The fourth-order valence-electron chi connectivity index (χ4n) is 1.94. The zero-order chi connectivity index (χ0) is 15.1. The van der Waals surface area contributed by atoms with E-state index in [2.05, 4.69) is 5.53 Å². The predicted molar refractivity (Wildman–Crippen MR) is 79.4 cm³/mol. The molecule has 0 spiro atoms. The summed E-state index contributed by atoms with van der Waals surface area (Å²) in [5.41, 5.74) is 3.99. The largest absolute Gasteiger partial charge is 0.464 e. The molecular weight excluding hydrogens is 270 g/mol. The third-order valence-corrected chi connectivity index (χ3v) is 2.93. The van der Waals surface area contributed by atoms with Crippen molar-refractivity contribution in [1.29, 1.82) is 0 Å². The predicted octanol–water partition coefficient (Wildman–Crippen LogP) is 2.36. The van der Waals surface area contributed by atoms with Gasteiger partial charge < -0.3 is 4.74 Å². The number of rotatable bonds is 7. The Morgan fingerprint density at radius 3 is 2.67 bits per heavy atom. The molecule has 1 aliphatic heterocycles. The van der Waals surface area contributed by atoms with E-state index in [1.54, 1.807) is 18.1 Å². The highest BCUT2D eigenvalue weighted by Gasteiger charge is 2.25. The van der Waals surface area contributed by atoms with Gasteiger partial charge in [0.25, 0.3) is 0 Å². The molecular formula is C15H21N3O3. The molecule has 1 aromatic carbocycles. The summed E-state index contributed by atoms with van der Waals surface area (Å²) in [6.45, 7) is 4.13. The molecule has 0 aromatic heterocycles. The maximum absolute atomic E-state index is 11.8. The lowest BCUT2D eigenvalue weighted by molar-refractivity contribution is -0.210. The third kappa shape index (κ3) is 4.21. The van der Waals surface area contributed by atoms with Gasteiger partial charge in [0.1, 0.15) is 0 Å². The van der Waals surface area contributed by atoms with Gasteiger partial charge in [-0.1, -0.05) is 31.5 Å². The number of benzene rings is 1. The average molecular weight is 291 g/mol. The van der Waals surface area contributed by atoms with Crippen LogP contribution in [0.4, 0.5) is 5.69 Å². The second-order valence-electron chi connectivity index (χ2n) is 4.56. The molecule has 1 heterocycles. The summed E-state index contributed by atoms with van der Waals surface area (Å²) in [7, 11) is 0. The number of esters is 1. The summed E-state index contributed by atoms with van der Waals surface area (Å²) in [5, 5.41) is 3.22. The van der Waals surface area contributed by atoms with E-state index in [1.165, 1.54) is 5.17 Å². The van der Waals surface area contributed by atoms with Crippen molar-refractivity contribution < 1.29 is 14.4 Å². The van der Waals surface area contributed by atoms with Crippen LogP contribution in [0.2, 0.25) is 0 Å². The monoisotopic (exact) mass is 291 g/mol. The van der Waals surface area contributed by atoms with Gasteiger partial charge in [-0.25, -0.2) is 9.63 Å². The Labute approximate surface area is 124 Å². The van der Waals surface area contributed by atoms with Crippen LogP contribution in [0.15, 0.2) is 42.7 Å². The Balaban J connectivity index is 1.91. The van der Waals surface area contributed by atoms with Crippen molar-refractivity contribution in [3.05, 3.63) is 42.7 Å². The Hall–Kier alpha value is -2.05. The van der Waals surface area contributed by atoms with E-state index < -0.39 is 6.10 Å². The van der Waals surface area contributed by atoms with E-state index in [1.807, 2.05) is 43.5 Å². The van der Waals surface area contributed by atoms with Crippen LogP contribution in [0.25, 0.3) is 0 Å². The first-order chi connectivity index (χ1) is 10.2. The number of hydrogen-bond acceptors (Lipinski definition) is 6. The molecule has 6 nitrogen and oxygen atoms in total. The van der Waals surface area contributed by atoms with Gasteiger partial charge in [-0.15, -0.1) is 5.53 Å². The molecule has 0 saturated carbocycles. The highest BCUT2D eigenvalue weighted by molar-refractivity contribution is 5.74. The highest BCUT2D eigenvalue weighted by Crippen LogP contribution is 2.16. The number of anilines is 1. The van der Waals surface area contributed by atoms with E-state index in [-0.39, 0.29) is 5.97 Å². The minimum absolute atomic E-state index is 0.340. The Morgan fingerprint density at radius 1 is 1.24 bits per heavy atom. The number of carbonyl (C=O) groups excluding carboxylic acids is 1. The summed E-state index contributed by atoms with van der Waals surface area (Å²) < 4.78 is 5.02. The molecule has 114 valence electrons. The van der Waals surface area contributed by atoms with Crippen LogP contribution >= 0.6 is 0 Å². The summed E-state index contributed by atoms with van der Waals surface area (Å²) in [6.07, 6.45) is 4.38. The normalized spacial score (nSPS) is 15.3. The smallest absolute Gasteiger partial charge is 0.338 e. The lowest BCUT2D eigenvalue weighted by Crippen LogP contribution is -2.43. The average Bonchev–Trinajstić information content (AvgIpc) is 2.96. The summed E-state index contributed by atoms with van der Waals surface area (Å²) in [5.74, 6) is -0.340. The highest BCUT2D eigenvalue weighted by atomic mass is 16.7. The third-order valence-electron chi connectivity index (χ3n) is 2.93. The van der Waals surface area contributed by atoms with Crippen molar-refractivity contribution in [3.63, 3.8) is 0 Å². The molecule has 0 bridgehead atoms. The quantitative estimate of drug-likeness (QED) is 0.778. The van der Waals surface area contributed by atoms with Gasteiger partial charge >= 0.3 is 5.97 Å². The topological polar surface area (TPSA) is 54.0 Å². The molecule has 1 aliphatic rings. The maximum Gasteiger partial charge on any atom is 0.338 e. The number of para-hydroxylation sites is 1. The number of hydroxylamine groups is 1. The molecule has 0 fully saturated rings. The molecule has 0 amide bonds. The van der Waals surface area contributed by atoms with Crippen LogP contribution < -0.4 is 10.5 Å². The molecule has 0 radical (unpaired) electrons. The van der Waals surface area contributed by atoms with Crippen LogP contribution in [-0.2, 0) is 14.4 Å². The van der Waals surface area contributed by atoms with Gasteiger partial charge in [-0.2, -0.15) is 5.17 Å². The zero-order valence-corrected chi connectivity index (χ0v) is 12.4. The van der Waals surface area contributed by atoms with Crippen LogP contribution in [-0.4, -0.2) is 23.9 Å². The van der Waals surface area contributed by atoms with Crippen LogP contribution in [0.1, 0.15) is 26.7 Å². The fourth-order valence-corrected chi connectivity index (χ4v) is 1.94. The van der Waals surface area contributed by atoms with Crippen LogP contribution in [0, 0.1) is 0 Å². The lowest BCUT2D eigenvalue weighted by Gasteiger charge is -2.25. The van der Waals surface area contributed by atoms with Gasteiger partial charge in [0.2, 0.25) is 0 Å². The maximum atomic E-state index is 11.8. The van der Waals surface area contributed by atoms with E-state index >= 15 is 0 Å². The first-order valence-electron chi connectivity index (χ1n) is 7.16. The van der Waals surface area contributed by atoms with E-state index in [0.29, 0.717) is 13.0 Å². The number of nitrogens with one attached hydrogen (secondary N) is 1. The number of hydrogen-bond donors (Lipinski definition) is 1. The SMILES string of the molecule is CCCC(ON1C=CN(c2ccccc2)N1)C(=O)OCC. The van der Waals surface area contributed by atoms with Crippen molar-refractivity contribution >= 4 is 11.7 Å². The molecule has 21 heavy (non-hydrogen) atoms. The Bertz CT molecular complexity index is 478. The Morgan fingerprint density at radius 2 is 2.00 bits per heavy atom. The second kappa shape index (κ2) is 7.66. The molecule has 0 saturated heterocycles. The minimum atomic E-state index is -0.608. The van der Waals surface area contributed by atoms with E-state index in [0.717, 1.165) is 12.1 Å². The first-order valence-corrected chi connectivity index (χ1v) is 7.16. The second-order valence-corrected chi connectivity index (χ2v) is 4.56. The number of nitrogens with zero attached hydrogens (tertiary/aromatic N) is 2. The van der Waals surface area contributed by atoms with E-state index in [9.17, 15) is 4.79 Å². The molecule has 1 unspecified atom stereocenters. The molecule has 0 aliphatic carbocycles. The van der Waals surface area contributed by atoms with Gasteiger partial charge in [0.05, 0.1) is 18.5 Å². The summed E-state index contributed by atoms with van der Waals surface area (Å²) in [4.78, 5) is 17.5. The summed E-state index contributed by atoms with van der Waals surface area (Å²) >= 11 is 0. The van der Waals surface area contributed by atoms with Crippen molar-refractivity contribution in [1.82, 2.24) is 10.7 Å². The lowest BCUT2D eigenvalue weighted by atomic mass is 10.2. The standard InChI is InChI=1S/C15H21N3O3/c1-3-8-14(15(19)20-4-2)21-18-12-11-17(16-18)13-9-6-5-7-10-13/h5-7,9-12,14,16H,3-4,8H2,1-2H3. The van der Waals surface area contributed by atoms with Crippen molar-refractivity contribution in [3.8, 4) is 0 Å². The van der Waals surface area contributed by atoms with Gasteiger partial charge in [-0.05, 0) is 25.5 Å². The van der Waals surface area contributed by atoms with Gasteiger partial charge in [0.15, 0.2) is 6.10 Å². The molecule has 1 atom stereocenters. The molecule has 1 N–H and O–H groups in total. The number of hydrazine groups is 2. The van der Waals surface area contributed by atoms with Crippen LogP contribution in [0.5, 0.6) is 0 Å². The summed E-state index contributed by atoms with van der Waals surface area (Å²) in [6, 6.07) is 9.79. The number of carbonyl (C=O) groups is 1. The van der Waals surface area contributed by atoms with Crippen molar-refractivity contribution in [2.45, 2.75) is 32.8 Å². The van der Waals surface area contributed by atoms with Gasteiger partial charge in [-0.3, -0.25) is 5.01 Å². The van der Waals surface area contributed by atoms with Crippen LogP contribution in [0.3, 0.4) is 0 Å². The molecule has 1 aromatic rings. The van der Waals surface area contributed by atoms with Gasteiger partial charge in [0, 0.05) is 6.20 Å². The zero-order valence-electron chi connectivity index (χ0n) is 12.4.